The fourth-order valence-corrected chi connectivity index (χ4v) is 2.45. The maximum atomic E-state index is 11.9. The fraction of sp³-hybridized carbons (Fsp3) is 0.533. The van der Waals surface area contributed by atoms with E-state index in [9.17, 15) is 4.79 Å². The third-order valence-electron chi connectivity index (χ3n) is 3.67. The van der Waals surface area contributed by atoms with Crippen LogP contribution in [0.15, 0.2) is 24.3 Å². The van der Waals surface area contributed by atoms with E-state index < -0.39 is 0 Å². The van der Waals surface area contributed by atoms with Gasteiger partial charge in [0.1, 0.15) is 5.75 Å². The van der Waals surface area contributed by atoms with Crippen LogP contribution >= 0.6 is 0 Å². The predicted octanol–water partition coefficient (Wildman–Crippen LogP) is 0.605. The van der Waals surface area contributed by atoms with Gasteiger partial charge in [-0.25, -0.2) is 0 Å². The Bertz CT molecular complexity index is 450. The molecule has 5 nitrogen and oxygen atoms in total. The Kier molecular flexibility index (Phi) is 5.38. The number of hydrogen-bond donors (Lipinski definition) is 2. The molecule has 0 spiro atoms. The van der Waals surface area contributed by atoms with Gasteiger partial charge >= 0.3 is 0 Å². The number of ether oxygens (including phenoxy) is 1. The van der Waals surface area contributed by atoms with Crippen LogP contribution in [0.4, 0.5) is 0 Å². The van der Waals surface area contributed by atoms with E-state index in [4.69, 9.17) is 4.74 Å². The first-order valence-electron chi connectivity index (χ1n) is 7.00. The van der Waals surface area contributed by atoms with Crippen LogP contribution in [0.1, 0.15) is 12.0 Å². The van der Waals surface area contributed by atoms with Crippen LogP contribution in [-0.2, 0) is 11.3 Å². The van der Waals surface area contributed by atoms with Crippen LogP contribution in [0.2, 0.25) is 0 Å². The Labute approximate surface area is 120 Å². The van der Waals surface area contributed by atoms with Crippen molar-refractivity contribution in [1.29, 1.82) is 0 Å². The molecule has 2 rings (SSSR count). The van der Waals surface area contributed by atoms with Gasteiger partial charge in [0, 0.05) is 25.7 Å². The van der Waals surface area contributed by atoms with Gasteiger partial charge in [-0.3, -0.25) is 9.69 Å². The van der Waals surface area contributed by atoms with E-state index in [1.165, 1.54) is 0 Å². The molecule has 0 aliphatic carbocycles. The SMILES string of the molecule is CNC1CCN(CC(=O)NCc2cccc(OC)c2)C1. The quantitative estimate of drug-likeness (QED) is 0.800. The summed E-state index contributed by atoms with van der Waals surface area (Å²) in [5.41, 5.74) is 1.05. The number of rotatable bonds is 6. The van der Waals surface area contributed by atoms with Crippen LogP contribution in [0, 0.1) is 0 Å². The number of amides is 1. The maximum Gasteiger partial charge on any atom is 0.234 e. The molecule has 1 saturated heterocycles. The second kappa shape index (κ2) is 7.26. The zero-order chi connectivity index (χ0) is 14.4. The van der Waals surface area contributed by atoms with Gasteiger partial charge in [0.2, 0.25) is 5.91 Å². The van der Waals surface area contributed by atoms with Crippen LogP contribution in [0.5, 0.6) is 5.75 Å². The minimum Gasteiger partial charge on any atom is -0.497 e. The molecule has 1 amide bonds. The van der Waals surface area contributed by atoms with Crippen molar-refractivity contribution in [3.05, 3.63) is 29.8 Å². The number of hydrogen-bond acceptors (Lipinski definition) is 4. The van der Waals surface area contributed by atoms with Crippen molar-refractivity contribution in [1.82, 2.24) is 15.5 Å². The monoisotopic (exact) mass is 277 g/mol. The molecule has 20 heavy (non-hydrogen) atoms. The van der Waals surface area contributed by atoms with Crippen LogP contribution in [-0.4, -0.2) is 50.6 Å². The number of benzene rings is 1. The van der Waals surface area contributed by atoms with Gasteiger partial charge in [-0.1, -0.05) is 12.1 Å². The molecule has 0 radical (unpaired) electrons. The molecule has 0 bridgehead atoms. The predicted molar refractivity (Wildman–Crippen MR) is 78.7 cm³/mol. The molecule has 1 aromatic carbocycles. The molecule has 110 valence electrons. The van der Waals surface area contributed by atoms with E-state index in [1.54, 1.807) is 7.11 Å². The Morgan fingerprint density at radius 2 is 2.35 bits per heavy atom. The topological polar surface area (TPSA) is 53.6 Å². The summed E-state index contributed by atoms with van der Waals surface area (Å²) in [4.78, 5) is 14.1. The van der Waals surface area contributed by atoms with Crippen molar-refractivity contribution >= 4 is 5.91 Å². The first kappa shape index (κ1) is 14.8. The first-order valence-corrected chi connectivity index (χ1v) is 7.00. The number of carbonyl (C=O) groups excluding carboxylic acids is 1. The Hall–Kier alpha value is -1.59. The number of likely N-dealkylation sites (tertiary alicyclic amines) is 1. The molecule has 1 aliphatic heterocycles. The molecule has 5 heteroatoms. The largest absolute Gasteiger partial charge is 0.497 e. The standard InChI is InChI=1S/C15H23N3O2/c1-16-13-6-7-18(10-13)11-15(19)17-9-12-4-3-5-14(8-12)20-2/h3-5,8,13,16H,6-7,9-11H2,1-2H3,(H,17,19). The van der Waals surface area contributed by atoms with E-state index in [1.807, 2.05) is 31.3 Å². The summed E-state index contributed by atoms with van der Waals surface area (Å²) in [6.45, 7) is 2.95. The van der Waals surface area contributed by atoms with Gasteiger partial charge in [0.15, 0.2) is 0 Å². The van der Waals surface area contributed by atoms with Crippen molar-refractivity contribution in [3.63, 3.8) is 0 Å². The van der Waals surface area contributed by atoms with Gasteiger partial charge in [0.25, 0.3) is 0 Å². The summed E-state index contributed by atoms with van der Waals surface area (Å²) in [6.07, 6.45) is 1.11. The fourth-order valence-electron chi connectivity index (χ4n) is 2.45. The lowest BCUT2D eigenvalue weighted by Crippen LogP contribution is -2.37. The third-order valence-corrected chi connectivity index (χ3v) is 3.67. The Morgan fingerprint density at radius 1 is 1.50 bits per heavy atom. The Balaban J connectivity index is 1.75. The zero-order valence-corrected chi connectivity index (χ0v) is 12.2. The first-order chi connectivity index (χ1) is 9.71. The maximum absolute atomic E-state index is 11.9. The van der Waals surface area contributed by atoms with E-state index in [0.717, 1.165) is 30.8 Å². The number of likely N-dealkylation sites (N-methyl/N-ethyl adjacent to an activating group) is 1. The van der Waals surface area contributed by atoms with E-state index >= 15 is 0 Å². The minimum atomic E-state index is 0.0737. The second-order valence-electron chi connectivity index (χ2n) is 5.14. The molecule has 1 aromatic rings. The summed E-state index contributed by atoms with van der Waals surface area (Å²) < 4.78 is 5.17. The van der Waals surface area contributed by atoms with E-state index in [2.05, 4.69) is 15.5 Å². The highest BCUT2D eigenvalue weighted by Crippen LogP contribution is 2.12. The molecule has 1 unspecified atom stereocenters. The molecule has 0 saturated carbocycles. The van der Waals surface area contributed by atoms with Gasteiger partial charge in [0.05, 0.1) is 13.7 Å². The van der Waals surface area contributed by atoms with Crippen molar-refractivity contribution in [3.8, 4) is 5.75 Å². The van der Waals surface area contributed by atoms with Crippen molar-refractivity contribution < 1.29 is 9.53 Å². The molecule has 1 heterocycles. The minimum absolute atomic E-state index is 0.0737. The zero-order valence-electron chi connectivity index (χ0n) is 12.2. The van der Waals surface area contributed by atoms with Gasteiger partial charge in [-0.05, 0) is 31.2 Å². The summed E-state index contributed by atoms with van der Waals surface area (Å²) in [5.74, 6) is 0.887. The summed E-state index contributed by atoms with van der Waals surface area (Å²) in [5, 5.41) is 6.20. The highest BCUT2D eigenvalue weighted by molar-refractivity contribution is 5.78. The average Bonchev–Trinajstić information content (AvgIpc) is 2.93. The van der Waals surface area contributed by atoms with Gasteiger partial charge < -0.3 is 15.4 Å². The summed E-state index contributed by atoms with van der Waals surface area (Å²) in [7, 11) is 3.61. The molecule has 0 aromatic heterocycles. The van der Waals surface area contributed by atoms with E-state index in [-0.39, 0.29) is 5.91 Å². The molecular weight excluding hydrogens is 254 g/mol. The molecule has 1 fully saturated rings. The third kappa shape index (κ3) is 4.21. The second-order valence-corrected chi connectivity index (χ2v) is 5.14. The van der Waals surface area contributed by atoms with Crippen LogP contribution < -0.4 is 15.4 Å². The van der Waals surface area contributed by atoms with Crippen LogP contribution in [0.3, 0.4) is 0 Å². The van der Waals surface area contributed by atoms with Gasteiger partial charge in [-0.2, -0.15) is 0 Å². The number of nitrogens with zero attached hydrogens (tertiary/aromatic N) is 1. The number of methoxy groups -OCH3 is 1. The summed E-state index contributed by atoms with van der Waals surface area (Å²) >= 11 is 0. The highest BCUT2D eigenvalue weighted by Gasteiger charge is 2.22. The Morgan fingerprint density at radius 3 is 3.05 bits per heavy atom. The lowest BCUT2D eigenvalue weighted by atomic mass is 10.2. The van der Waals surface area contributed by atoms with Crippen LogP contribution in [0.25, 0.3) is 0 Å². The molecular formula is C15H23N3O2. The molecule has 1 atom stereocenters. The van der Waals surface area contributed by atoms with Crippen molar-refractivity contribution in [2.24, 2.45) is 0 Å². The van der Waals surface area contributed by atoms with E-state index in [0.29, 0.717) is 19.1 Å². The smallest absolute Gasteiger partial charge is 0.234 e. The lowest BCUT2D eigenvalue weighted by molar-refractivity contribution is -0.122. The average molecular weight is 277 g/mol. The summed E-state index contributed by atoms with van der Waals surface area (Å²) in [6, 6.07) is 8.26. The molecule has 1 aliphatic rings. The van der Waals surface area contributed by atoms with Crippen molar-refractivity contribution in [2.45, 2.75) is 19.0 Å². The van der Waals surface area contributed by atoms with Crippen molar-refractivity contribution in [2.75, 3.05) is 33.8 Å². The highest BCUT2D eigenvalue weighted by atomic mass is 16.5. The molecule has 2 N–H and O–H groups in total. The van der Waals surface area contributed by atoms with Gasteiger partial charge in [-0.15, -0.1) is 0 Å². The number of nitrogens with one attached hydrogen (secondary N) is 2. The normalized spacial score (nSPS) is 19.0. The number of carbonyl (C=O) groups is 1. The lowest BCUT2D eigenvalue weighted by Gasteiger charge is -2.15.